The van der Waals surface area contributed by atoms with E-state index in [9.17, 15) is 0 Å². The molecule has 0 amide bonds. The molecule has 0 radical (unpaired) electrons. The lowest BCUT2D eigenvalue weighted by atomic mass is 10.4. The molecule has 6 heteroatoms. The molecular formula is C8H6BrClN2S2. The molecule has 2 rings (SSSR count). The Hall–Kier alpha value is -0.100. The van der Waals surface area contributed by atoms with E-state index >= 15 is 0 Å². The first-order chi connectivity index (χ1) is 6.70. The number of nitrogens with one attached hydrogen (secondary N) is 1. The lowest BCUT2D eigenvalue weighted by Crippen LogP contribution is -1.84. The molecular weight excluding hydrogens is 304 g/mol. The van der Waals surface area contributed by atoms with Gasteiger partial charge >= 0.3 is 0 Å². The molecule has 0 aliphatic carbocycles. The summed E-state index contributed by atoms with van der Waals surface area (Å²) in [4.78, 5) is 5.51. The lowest BCUT2D eigenvalue weighted by molar-refractivity contribution is 1.37. The van der Waals surface area contributed by atoms with Gasteiger partial charge in [0.2, 0.25) is 0 Å². The fourth-order valence-corrected chi connectivity index (χ4v) is 3.66. The van der Waals surface area contributed by atoms with Crippen LogP contribution >= 0.6 is 50.2 Å². The third-order valence-electron chi connectivity index (χ3n) is 1.61. The summed E-state index contributed by atoms with van der Waals surface area (Å²) in [6.07, 6.45) is 0. The van der Waals surface area contributed by atoms with Gasteiger partial charge in [-0.05, 0) is 28.1 Å². The zero-order valence-electron chi connectivity index (χ0n) is 7.17. The number of anilines is 1. The molecule has 0 saturated carbocycles. The molecule has 2 aromatic heterocycles. The van der Waals surface area contributed by atoms with E-state index in [1.54, 1.807) is 11.3 Å². The molecule has 0 aromatic carbocycles. The van der Waals surface area contributed by atoms with Gasteiger partial charge in [0.05, 0.1) is 9.21 Å². The van der Waals surface area contributed by atoms with Crippen molar-refractivity contribution in [3.63, 3.8) is 0 Å². The molecule has 2 nitrogen and oxygen atoms in total. The smallest absolute Gasteiger partial charge is 0.184 e. The van der Waals surface area contributed by atoms with Gasteiger partial charge in [-0.25, -0.2) is 4.98 Å². The van der Waals surface area contributed by atoms with E-state index in [0.717, 1.165) is 23.8 Å². The average molecular weight is 310 g/mol. The maximum absolute atomic E-state index is 5.87. The summed E-state index contributed by atoms with van der Waals surface area (Å²) in [5.41, 5.74) is 0.955. The van der Waals surface area contributed by atoms with Gasteiger partial charge in [0.1, 0.15) is 9.48 Å². The second-order valence-corrected chi connectivity index (χ2v) is 6.53. The summed E-state index contributed by atoms with van der Waals surface area (Å²) in [6.45, 7) is 0. The van der Waals surface area contributed by atoms with Crippen LogP contribution in [0.25, 0.3) is 10.6 Å². The minimum absolute atomic E-state index is 0.783. The largest absolute Gasteiger partial charge is 0.365 e. The topological polar surface area (TPSA) is 24.9 Å². The van der Waals surface area contributed by atoms with Crippen molar-refractivity contribution in [3.8, 4) is 10.6 Å². The number of hydrogen-bond acceptors (Lipinski definition) is 4. The normalized spacial score (nSPS) is 10.5. The van der Waals surface area contributed by atoms with Crippen LogP contribution in [0.1, 0.15) is 0 Å². The number of rotatable bonds is 2. The molecule has 74 valence electrons. The molecule has 2 heterocycles. The van der Waals surface area contributed by atoms with Crippen LogP contribution in [-0.4, -0.2) is 12.0 Å². The van der Waals surface area contributed by atoms with Gasteiger partial charge in [0, 0.05) is 7.05 Å². The van der Waals surface area contributed by atoms with Gasteiger partial charge in [0.25, 0.3) is 0 Å². The number of thiophene rings is 1. The van der Waals surface area contributed by atoms with Crippen LogP contribution in [0.3, 0.4) is 0 Å². The minimum Gasteiger partial charge on any atom is -0.365 e. The van der Waals surface area contributed by atoms with Crippen molar-refractivity contribution in [2.24, 2.45) is 0 Å². The van der Waals surface area contributed by atoms with Crippen LogP contribution in [0.2, 0.25) is 4.34 Å². The predicted octanol–water partition coefficient (Wildman–Crippen LogP) is 4.33. The van der Waals surface area contributed by atoms with Crippen molar-refractivity contribution >= 4 is 55.3 Å². The number of aromatic nitrogens is 1. The van der Waals surface area contributed by atoms with Gasteiger partial charge in [0.15, 0.2) is 5.13 Å². The molecule has 0 atom stereocenters. The number of hydrogen-bond donors (Lipinski definition) is 1. The van der Waals surface area contributed by atoms with E-state index in [0.29, 0.717) is 0 Å². The highest BCUT2D eigenvalue weighted by atomic mass is 79.9. The molecule has 0 unspecified atom stereocenters. The summed E-state index contributed by atoms with van der Waals surface area (Å²) < 4.78 is 1.81. The number of nitrogens with zero attached hydrogens (tertiary/aromatic N) is 1. The van der Waals surface area contributed by atoms with E-state index in [1.807, 2.05) is 19.2 Å². The highest BCUT2D eigenvalue weighted by Crippen LogP contribution is 2.39. The monoisotopic (exact) mass is 308 g/mol. The molecule has 2 aromatic rings. The Morgan fingerprint density at radius 2 is 2.21 bits per heavy atom. The maximum Gasteiger partial charge on any atom is 0.184 e. The number of thiazole rings is 1. The van der Waals surface area contributed by atoms with Crippen molar-refractivity contribution in [1.82, 2.24) is 4.98 Å². The van der Waals surface area contributed by atoms with Crippen molar-refractivity contribution < 1.29 is 0 Å². The first kappa shape index (κ1) is 10.4. The molecule has 0 saturated heterocycles. The third-order valence-corrected chi connectivity index (χ3v) is 4.57. The van der Waals surface area contributed by atoms with E-state index in [-0.39, 0.29) is 0 Å². The average Bonchev–Trinajstić information content (AvgIpc) is 2.71. The quantitative estimate of drug-likeness (QED) is 0.893. The molecule has 0 bridgehead atoms. The van der Waals surface area contributed by atoms with Gasteiger partial charge in [-0.15, -0.1) is 11.3 Å². The fourth-order valence-electron chi connectivity index (χ4n) is 1.00. The molecule has 0 aliphatic heterocycles. The minimum atomic E-state index is 0.783. The van der Waals surface area contributed by atoms with Gasteiger partial charge in [-0.3, -0.25) is 0 Å². The summed E-state index contributed by atoms with van der Waals surface area (Å²) in [7, 11) is 1.86. The molecule has 1 N–H and O–H groups in total. The zero-order chi connectivity index (χ0) is 10.1. The van der Waals surface area contributed by atoms with E-state index < -0.39 is 0 Å². The van der Waals surface area contributed by atoms with Crippen LogP contribution < -0.4 is 5.32 Å². The standard InChI is InChI=1S/C8H6BrClN2S2/c1-11-8-12-6(7(9)14-8)4-2-3-5(10)13-4/h2-3H,1H3,(H,11,12). The molecule has 0 spiro atoms. The van der Waals surface area contributed by atoms with Gasteiger partial charge < -0.3 is 5.32 Å². The third kappa shape index (κ3) is 1.95. The van der Waals surface area contributed by atoms with Crippen LogP contribution in [-0.2, 0) is 0 Å². The van der Waals surface area contributed by atoms with Crippen LogP contribution in [0, 0.1) is 0 Å². The molecule has 0 aliphatic rings. The van der Waals surface area contributed by atoms with Crippen molar-refractivity contribution in [3.05, 3.63) is 20.3 Å². The first-order valence-corrected chi connectivity index (χ1v) is 6.61. The second kappa shape index (κ2) is 4.18. The van der Waals surface area contributed by atoms with Crippen molar-refractivity contribution in [2.45, 2.75) is 0 Å². The maximum atomic E-state index is 5.87. The van der Waals surface area contributed by atoms with Crippen molar-refractivity contribution in [2.75, 3.05) is 12.4 Å². The highest BCUT2D eigenvalue weighted by Gasteiger charge is 2.11. The summed E-state index contributed by atoms with van der Waals surface area (Å²) in [5, 5.41) is 3.91. The molecule has 0 fully saturated rings. The Bertz CT molecular complexity index is 452. The Balaban J connectivity index is 2.45. The fraction of sp³-hybridized carbons (Fsp3) is 0.125. The first-order valence-electron chi connectivity index (χ1n) is 3.80. The lowest BCUT2D eigenvalue weighted by Gasteiger charge is -1.90. The highest BCUT2D eigenvalue weighted by molar-refractivity contribution is 9.11. The Kier molecular flexibility index (Phi) is 3.11. The van der Waals surface area contributed by atoms with Gasteiger partial charge in [-0.2, -0.15) is 0 Å². The van der Waals surface area contributed by atoms with Crippen molar-refractivity contribution in [1.29, 1.82) is 0 Å². The zero-order valence-corrected chi connectivity index (χ0v) is 11.1. The van der Waals surface area contributed by atoms with Crippen LogP contribution in [0.5, 0.6) is 0 Å². The summed E-state index contributed by atoms with van der Waals surface area (Å²) in [5.74, 6) is 0. The summed E-state index contributed by atoms with van der Waals surface area (Å²) >= 11 is 12.5. The molecule has 14 heavy (non-hydrogen) atoms. The Morgan fingerprint density at radius 3 is 2.71 bits per heavy atom. The SMILES string of the molecule is CNc1nc(-c2ccc(Cl)s2)c(Br)s1. The van der Waals surface area contributed by atoms with E-state index in [1.165, 1.54) is 11.3 Å². The summed E-state index contributed by atoms with van der Waals surface area (Å²) in [6, 6.07) is 3.86. The predicted molar refractivity (Wildman–Crippen MR) is 67.7 cm³/mol. The van der Waals surface area contributed by atoms with E-state index in [2.05, 4.69) is 26.2 Å². The van der Waals surface area contributed by atoms with E-state index in [4.69, 9.17) is 11.6 Å². The van der Waals surface area contributed by atoms with Crippen LogP contribution in [0.15, 0.2) is 15.9 Å². The van der Waals surface area contributed by atoms with Crippen LogP contribution in [0.4, 0.5) is 5.13 Å². The second-order valence-electron chi connectivity index (χ2n) is 2.50. The Morgan fingerprint density at radius 1 is 1.43 bits per heavy atom. The van der Waals surface area contributed by atoms with Gasteiger partial charge in [-0.1, -0.05) is 22.9 Å². The Labute approximate surface area is 103 Å². The number of halogens is 2.